The average molecular weight is 354 g/mol. The lowest BCUT2D eigenvalue weighted by Crippen LogP contribution is -2.60. The number of ether oxygens (including phenoxy) is 2. The monoisotopic (exact) mass is 353 g/mol. The highest BCUT2D eigenvalue weighted by Crippen LogP contribution is 2.51. The van der Waals surface area contributed by atoms with E-state index in [0.717, 1.165) is 22.9 Å². The average Bonchev–Trinajstić information content (AvgIpc) is 3.27. The standard InChI is InChI=1S/C18H23NO4.ClH/c1-19(2)14-8-12(9-15(19)17-16(14)23-17)22-18(21)13(10-20)11-6-4-3-5-7-11;/h3-7,12-17H,8-10H2,1-2H3;1H/t12?,13?,14?,15?,16-,17+;. The molecule has 0 saturated carbocycles. The number of carbonyl (C=O) groups is 1. The molecule has 3 saturated heterocycles. The number of benzene rings is 1. The highest BCUT2D eigenvalue weighted by Gasteiger charge is 2.70. The molecule has 24 heavy (non-hydrogen) atoms. The summed E-state index contributed by atoms with van der Waals surface area (Å²) in [6, 6.07) is 10.0. The van der Waals surface area contributed by atoms with Crippen molar-refractivity contribution >= 4 is 18.4 Å². The van der Waals surface area contributed by atoms with Gasteiger partial charge in [0.25, 0.3) is 0 Å². The first-order valence-corrected chi connectivity index (χ1v) is 8.34. The molecule has 0 N–H and O–H groups in total. The van der Waals surface area contributed by atoms with Gasteiger partial charge >= 0.3 is 5.97 Å². The van der Waals surface area contributed by atoms with Gasteiger partial charge in [-0.3, -0.25) is 4.79 Å². The number of nitrogens with zero attached hydrogens (tertiary/aromatic N) is 1. The van der Waals surface area contributed by atoms with Crippen LogP contribution in [0.15, 0.2) is 30.3 Å². The largest absolute Gasteiger partial charge is 0.854 e. The van der Waals surface area contributed by atoms with Crippen LogP contribution >= 0.6 is 12.4 Å². The van der Waals surface area contributed by atoms with Crippen LogP contribution < -0.4 is 5.11 Å². The number of quaternary nitrogens is 1. The zero-order valence-electron chi connectivity index (χ0n) is 14.0. The van der Waals surface area contributed by atoms with Gasteiger partial charge in [0, 0.05) is 12.8 Å². The van der Waals surface area contributed by atoms with E-state index in [0.29, 0.717) is 24.3 Å². The summed E-state index contributed by atoms with van der Waals surface area (Å²) in [5.41, 5.74) is 0.744. The third-order valence-electron chi connectivity index (χ3n) is 5.97. The van der Waals surface area contributed by atoms with Crippen molar-refractivity contribution in [2.24, 2.45) is 0 Å². The van der Waals surface area contributed by atoms with Crippen molar-refractivity contribution in [2.45, 2.75) is 49.2 Å². The number of epoxide rings is 1. The van der Waals surface area contributed by atoms with Gasteiger partial charge in [-0.15, -0.1) is 19.0 Å². The Bertz CT molecular complexity index is 588. The van der Waals surface area contributed by atoms with E-state index < -0.39 is 12.5 Å². The van der Waals surface area contributed by atoms with Crippen LogP contribution in [-0.4, -0.2) is 61.6 Å². The van der Waals surface area contributed by atoms with Crippen molar-refractivity contribution < 1.29 is 23.9 Å². The summed E-state index contributed by atoms with van der Waals surface area (Å²) in [6.07, 6.45) is 2.25. The maximum Gasteiger partial charge on any atom is 0.312 e. The molecule has 4 unspecified atom stereocenters. The molecule has 3 fully saturated rings. The van der Waals surface area contributed by atoms with E-state index >= 15 is 0 Å². The fourth-order valence-electron chi connectivity index (χ4n) is 4.53. The SMILES string of the molecule is C[N+]1(C)C2CC(OC(=O)C(C[O-])c3ccccc3)CC1[C@@H]1O[C@H]21.Cl. The zero-order chi connectivity index (χ0) is 16.2. The van der Waals surface area contributed by atoms with Crippen LogP contribution in [0.4, 0.5) is 0 Å². The predicted molar refractivity (Wildman–Crippen MR) is 88.8 cm³/mol. The molecule has 6 heteroatoms. The van der Waals surface area contributed by atoms with E-state index in [1.165, 1.54) is 0 Å². The lowest BCUT2D eigenvalue weighted by molar-refractivity contribution is -0.938. The zero-order valence-corrected chi connectivity index (χ0v) is 14.8. The molecule has 3 aliphatic rings. The number of piperidine rings is 1. The molecule has 3 heterocycles. The Kier molecular flexibility index (Phi) is 4.64. The van der Waals surface area contributed by atoms with Gasteiger partial charge in [-0.25, -0.2) is 0 Å². The summed E-state index contributed by atoms with van der Waals surface area (Å²) in [7, 11) is 4.49. The van der Waals surface area contributed by atoms with E-state index in [4.69, 9.17) is 9.47 Å². The number of hydrogen-bond donors (Lipinski definition) is 0. The molecule has 0 radical (unpaired) electrons. The van der Waals surface area contributed by atoms with Crippen LogP contribution in [0, 0.1) is 0 Å². The van der Waals surface area contributed by atoms with Crippen molar-refractivity contribution in [3.05, 3.63) is 35.9 Å². The highest BCUT2D eigenvalue weighted by molar-refractivity contribution is 5.85. The molecular formula is C18H24ClNO4. The highest BCUT2D eigenvalue weighted by atomic mass is 35.5. The maximum absolute atomic E-state index is 12.5. The van der Waals surface area contributed by atoms with Gasteiger partial charge in [-0.05, 0) is 5.56 Å². The summed E-state index contributed by atoms with van der Waals surface area (Å²) in [6.45, 7) is -0.474. The van der Waals surface area contributed by atoms with Gasteiger partial charge in [-0.2, -0.15) is 0 Å². The Morgan fingerprint density at radius 1 is 1.25 bits per heavy atom. The number of halogens is 1. The minimum atomic E-state index is -0.705. The molecule has 1 aromatic rings. The Hall–Kier alpha value is -1.14. The van der Waals surface area contributed by atoms with Gasteiger partial charge in [0.2, 0.25) is 0 Å². The van der Waals surface area contributed by atoms with Crippen molar-refractivity contribution in [3.8, 4) is 0 Å². The Balaban J connectivity index is 0.00000169. The van der Waals surface area contributed by atoms with Crippen LogP contribution in [0.3, 0.4) is 0 Å². The summed E-state index contributed by atoms with van der Waals surface area (Å²) < 4.78 is 12.4. The topological polar surface area (TPSA) is 61.9 Å². The van der Waals surface area contributed by atoms with E-state index in [9.17, 15) is 9.90 Å². The first-order chi connectivity index (χ1) is 11.0. The molecule has 0 aliphatic carbocycles. The van der Waals surface area contributed by atoms with Gasteiger partial charge in [0.1, 0.15) is 30.4 Å². The molecule has 4 rings (SSSR count). The van der Waals surface area contributed by atoms with Crippen LogP contribution in [0.2, 0.25) is 0 Å². The number of fused-ring (bicyclic) bond motifs is 5. The van der Waals surface area contributed by atoms with E-state index in [1.54, 1.807) is 0 Å². The molecular weight excluding hydrogens is 330 g/mol. The fraction of sp³-hybridized carbons (Fsp3) is 0.611. The van der Waals surface area contributed by atoms with Gasteiger partial charge in [0.05, 0.1) is 20.0 Å². The maximum atomic E-state index is 12.5. The Labute approximate surface area is 148 Å². The Morgan fingerprint density at radius 2 is 1.83 bits per heavy atom. The molecule has 3 aliphatic heterocycles. The molecule has 132 valence electrons. The number of hydrogen-bond acceptors (Lipinski definition) is 4. The number of likely N-dealkylation sites (N-methyl/N-ethyl adjacent to an activating group) is 1. The molecule has 2 bridgehead atoms. The summed E-state index contributed by atoms with van der Waals surface area (Å²) >= 11 is 0. The second-order valence-corrected chi connectivity index (χ2v) is 7.49. The number of morpholine rings is 1. The second-order valence-electron chi connectivity index (χ2n) is 7.49. The first-order valence-electron chi connectivity index (χ1n) is 8.34. The van der Waals surface area contributed by atoms with Crippen LogP contribution in [0.25, 0.3) is 0 Å². The molecule has 0 amide bonds. The van der Waals surface area contributed by atoms with E-state index in [-0.39, 0.29) is 24.5 Å². The van der Waals surface area contributed by atoms with Crippen molar-refractivity contribution in [2.75, 3.05) is 20.7 Å². The second kappa shape index (κ2) is 6.30. The quantitative estimate of drug-likeness (QED) is 0.457. The fourth-order valence-corrected chi connectivity index (χ4v) is 4.53. The molecule has 5 nitrogen and oxygen atoms in total. The van der Waals surface area contributed by atoms with E-state index in [2.05, 4.69) is 14.1 Å². The Morgan fingerprint density at radius 3 is 2.38 bits per heavy atom. The summed E-state index contributed by atoms with van der Waals surface area (Å²) in [5.74, 6) is -1.08. The van der Waals surface area contributed by atoms with Gasteiger partial charge in [0.15, 0.2) is 0 Å². The third kappa shape index (κ3) is 2.73. The van der Waals surface area contributed by atoms with Crippen LogP contribution in [0.5, 0.6) is 0 Å². The van der Waals surface area contributed by atoms with Crippen molar-refractivity contribution in [1.29, 1.82) is 0 Å². The molecule has 1 aromatic carbocycles. The van der Waals surface area contributed by atoms with Gasteiger partial charge in [-0.1, -0.05) is 30.3 Å². The minimum absolute atomic E-state index is 0. The third-order valence-corrected chi connectivity index (χ3v) is 5.97. The predicted octanol–water partition coefficient (Wildman–Crippen LogP) is 0.853. The van der Waals surface area contributed by atoms with Crippen molar-refractivity contribution in [1.82, 2.24) is 0 Å². The summed E-state index contributed by atoms with van der Waals surface area (Å²) in [5, 5.41) is 11.5. The van der Waals surface area contributed by atoms with Crippen LogP contribution in [-0.2, 0) is 14.3 Å². The lowest BCUT2D eigenvalue weighted by Gasteiger charge is -2.45. The van der Waals surface area contributed by atoms with Gasteiger partial charge < -0.3 is 19.1 Å². The number of esters is 1. The normalized spacial score (nSPS) is 36.2. The number of rotatable bonds is 4. The first kappa shape index (κ1) is 17.7. The van der Waals surface area contributed by atoms with E-state index in [1.807, 2.05) is 30.3 Å². The smallest absolute Gasteiger partial charge is 0.312 e. The number of carbonyl (C=O) groups excluding carboxylic acids is 1. The molecule has 6 atom stereocenters. The molecule has 0 spiro atoms. The summed E-state index contributed by atoms with van der Waals surface area (Å²) in [4.78, 5) is 12.5. The van der Waals surface area contributed by atoms with Crippen molar-refractivity contribution in [3.63, 3.8) is 0 Å². The lowest BCUT2D eigenvalue weighted by atomic mass is 9.95. The molecule has 0 aromatic heterocycles. The van der Waals surface area contributed by atoms with Crippen LogP contribution in [0.1, 0.15) is 24.3 Å². The minimum Gasteiger partial charge on any atom is -0.854 e.